The molecule has 1 atom stereocenters. The van der Waals surface area contributed by atoms with E-state index in [1.165, 1.54) is 12.1 Å². The lowest BCUT2D eigenvalue weighted by atomic mass is 9.93. The average Bonchev–Trinajstić information content (AvgIpc) is 2.92. The van der Waals surface area contributed by atoms with Gasteiger partial charge in [0.2, 0.25) is 5.91 Å². The van der Waals surface area contributed by atoms with Crippen molar-refractivity contribution in [1.82, 2.24) is 4.90 Å². The molecular formula is C18H18FNO2. The zero-order chi connectivity index (χ0) is 15.6. The van der Waals surface area contributed by atoms with Crippen molar-refractivity contribution in [1.29, 1.82) is 0 Å². The fourth-order valence-corrected chi connectivity index (χ4v) is 2.92. The van der Waals surface area contributed by atoms with E-state index in [1.54, 1.807) is 17.0 Å². The standard InChI is InChI=1S/C18H18FNO2/c19-16-8-4-5-14(11-16)12-17(21)20-10-9-18(22,13-20)15-6-2-1-3-7-15/h1-8,11,22H,9-10,12-13H2. The molecule has 1 aliphatic heterocycles. The van der Waals surface area contributed by atoms with Crippen LogP contribution in [0.5, 0.6) is 0 Å². The molecule has 1 N–H and O–H groups in total. The summed E-state index contributed by atoms with van der Waals surface area (Å²) in [7, 11) is 0. The van der Waals surface area contributed by atoms with Gasteiger partial charge >= 0.3 is 0 Å². The Balaban J connectivity index is 1.68. The first-order valence-electron chi connectivity index (χ1n) is 7.37. The quantitative estimate of drug-likeness (QED) is 0.946. The average molecular weight is 299 g/mol. The zero-order valence-electron chi connectivity index (χ0n) is 12.2. The van der Waals surface area contributed by atoms with Crippen LogP contribution in [0.3, 0.4) is 0 Å². The third-order valence-corrected chi connectivity index (χ3v) is 4.16. The van der Waals surface area contributed by atoms with Gasteiger partial charge < -0.3 is 10.0 Å². The molecule has 0 aliphatic carbocycles. The van der Waals surface area contributed by atoms with Gasteiger partial charge in [-0.15, -0.1) is 0 Å². The summed E-state index contributed by atoms with van der Waals surface area (Å²) >= 11 is 0. The Morgan fingerprint density at radius 3 is 2.68 bits per heavy atom. The maximum Gasteiger partial charge on any atom is 0.227 e. The first-order valence-corrected chi connectivity index (χ1v) is 7.37. The molecule has 0 spiro atoms. The van der Waals surface area contributed by atoms with Crippen LogP contribution in [0.4, 0.5) is 4.39 Å². The minimum absolute atomic E-state index is 0.0857. The largest absolute Gasteiger partial charge is 0.383 e. The minimum atomic E-state index is -0.987. The van der Waals surface area contributed by atoms with Crippen LogP contribution >= 0.6 is 0 Å². The lowest BCUT2D eigenvalue weighted by Crippen LogP contribution is -2.35. The summed E-state index contributed by atoms with van der Waals surface area (Å²) in [4.78, 5) is 14.0. The topological polar surface area (TPSA) is 40.5 Å². The molecule has 0 saturated carbocycles. The van der Waals surface area contributed by atoms with Crippen molar-refractivity contribution in [3.8, 4) is 0 Å². The van der Waals surface area contributed by atoms with Crippen LogP contribution in [0.25, 0.3) is 0 Å². The highest BCUT2D eigenvalue weighted by Gasteiger charge is 2.39. The molecule has 0 radical (unpaired) electrons. The Hall–Kier alpha value is -2.20. The van der Waals surface area contributed by atoms with Crippen LogP contribution in [0.2, 0.25) is 0 Å². The maximum atomic E-state index is 13.2. The van der Waals surface area contributed by atoms with Gasteiger partial charge in [0.1, 0.15) is 11.4 Å². The van der Waals surface area contributed by atoms with Crippen molar-refractivity contribution in [2.45, 2.75) is 18.4 Å². The Labute approximate surface area is 129 Å². The third kappa shape index (κ3) is 3.02. The number of benzene rings is 2. The Bertz CT molecular complexity index is 674. The number of likely N-dealkylation sites (tertiary alicyclic amines) is 1. The molecule has 1 saturated heterocycles. The first kappa shape index (κ1) is 14.7. The third-order valence-electron chi connectivity index (χ3n) is 4.16. The van der Waals surface area contributed by atoms with Crippen molar-refractivity contribution >= 4 is 5.91 Å². The van der Waals surface area contributed by atoms with Crippen molar-refractivity contribution in [2.75, 3.05) is 13.1 Å². The fraction of sp³-hybridized carbons (Fsp3) is 0.278. The number of halogens is 1. The molecule has 114 valence electrons. The highest BCUT2D eigenvalue weighted by atomic mass is 19.1. The number of rotatable bonds is 3. The molecule has 0 bridgehead atoms. The molecule has 3 rings (SSSR count). The molecule has 3 nitrogen and oxygen atoms in total. The molecule has 1 aliphatic rings. The van der Waals surface area contributed by atoms with Gasteiger partial charge in [0, 0.05) is 6.54 Å². The lowest BCUT2D eigenvalue weighted by Gasteiger charge is -2.24. The van der Waals surface area contributed by atoms with Gasteiger partial charge in [-0.2, -0.15) is 0 Å². The van der Waals surface area contributed by atoms with Crippen LogP contribution in [0, 0.1) is 5.82 Å². The first-order chi connectivity index (χ1) is 10.6. The Morgan fingerprint density at radius 2 is 1.95 bits per heavy atom. The predicted octanol–water partition coefficient (Wildman–Crippen LogP) is 2.49. The molecule has 1 unspecified atom stereocenters. The van der Waals surface area contributed by atoms with Crippen molar-refractivity contribution < 1.29 is 14.3 Å². The molecule has 2 aromatic rings. The van der Waals surface area contributed by atoms with Gasteiger partial charge in [0.25, 0.3) is 0 Å². The van der Waals surface area contributed by atoms with Crippen molar-refractivity contribution in [2.24, 2.45) is 0 Å². The molecule has 1 amide bonds. The molecule has 22 heavy (non-hydrogen) atoms. The van der Waals surface area contributed by atoms with Gasteiger partial charge in [0.05, 0.1) is 13.0 Å². The van der Waals surface area contributed by atoms with E-state index in [1.807, 2.05) is 30.3 Å². The molecule has 1 heterocycles. The highest BCUT2D eigenvalue weighted by Crippen LogP contribution is 2.32. The highest BCUT2D eigenvalue weighted by molar-refractivity contribution is 5.79. The summed E-state index contributed by atoms with van der Waals surface area (Å²) < 4.78 is 13.2. The zero-order valence-corrected chi connectivity index (χ0v) is 12.2. The second kappa shape index (κ2) is 5.89. The van der Waals surface area contributed by atoms with E-state index >= 15 is 0 Å². The van der Waals surface area contributed by atoms with Gasteiger partial charge in [-0.05, 0) is 29.7 Å². The summed E-state index contributed by atoms with van der Waals surface area (Å²) in [5, 5.41) is 10.7. The van der Waals surface area contributed by atoms with E-state index in [0.717, 1.165) is 5.56 Å². The summed E-state index contributed by atoms with van der Waals surface area (Å²) in [5.41, 5.74) is 0.495. The summed E-state index contributed by atoms with van der Waals surface area (Å²) in [6, 6.07) is 15.5. The minimum Gasteiger partial charge on any atom is -0.383 e. The van der Waals surface area contributed by atoms with Crippen LogP contribution < -0.4 is 0 Å². The van der Waals surface area contributed by atoms with Gasteiger partial charge in [-0.3, -0.25) is 4.79 Å². The molecule has 2 aromatic carbocycles. The van der Waals surface area contributed by atoms with Gasteiger partial charge in [-0.1, -0.05) is 42.5 Å². The van der Waals surface area contributed by atoms with Crippen LogP contribution in [-0.2, 0) is 16.8 Å². The second-order valence-corrected chi connectivity index (χ2v) is 5.77. The van der Waals surface area contributed by atoms with E-state index < -0.39 is 5.60 Å². The number of hydrogen-bond donors (Lipinski definition) is 1. The molecular weight excluding hydrogens is 281 g/mol. The van der Waals surface area contributed by atoms with Gasteiger partial charge in [-0.25, -0.2) is 4.39 Å². The molecule has 4 heteroatoms. The number of nitrogens with zero attached hydrogens (tertiary/aromatic N) is 1. The van der Waals surface area contributed by atoms with Crippen LogP contribution in [0.15, 0.2) is 54.6 Å². The Kier molecular flexibility index (Phi) is 3.94. The van der Waals surface area contributed by atoms with E-state index in [-0.39, 0.29) is 24.7 Å². The number of carbonyl (C=O) groups excluding carboxylic acids is 1. The van der Waals surface area contributed by atoms with Crippen LogP contribution in [-0.4, -0.2) is 29.0 Å². The number of amides is 1. The predicted molar refractivity (Wildman–Crippen MR) is 81.6 cm³/mol. The number of β-amino-alcohol motifs (C(OH)–C–C–N with tert-alkyl or cyclic N) is 1. The summed E-state index contributed by atoms with van der Waals surface area (Å²) in [5.74, 6) is -0.426. The normalized spacial score (nSPS) is 21.1. The lowest BCUT2D eigenvalue weighted by molar-refractivity contribution is -0.130. The van der Waals surface area contributed by atoms with E-state index in [9.17, 15) is 14.3 Å². The number of carbonyl (C=O) groups is 1. The van der Waals surface area contributed by atoms with E-state index in [2.05, 4.69) is 0 Å². The SMILES string of the molecule is O=C(Cc1cccc(F)c1)N1CCC(O)(c2ccccc2)C1. The molecule has 1 fully saturated rings. The maximum absolute atomic E-state index is 13.2. The summed E-state index contributed by atoms with van der Waals surface area (Å²) in [6.45, 7) is 0.796. The second-order valence-electron chi connectivity index (χ2n) is 5.77. The summed E-state index contributed by atoms with van der Waals surface area (Å²) in [6.07, 6.45) is 0.675. The van der Waals surface area contributed by atoms with Crippen LogP contribution in [0.1, 0.15) is 17.5 Å². The van der Waals surface area contributed by atoms with E-state index in [4.69, 9.17) is 0 Å². The number of hydrogen-bond acceptors (Lipinski definition) is 2. The monoisotopic (exact) mass is 299 g/mol. The van der Waals surface area contributed by atoms with Crippen molar-refractivity contribution in [3.63, 3.8) is 0 Å². The smallest absolute Gasteiger partial charge is 0.227 e. The van der Waals surface area contributed by atoms with Crippen molar-refractivity contribution in [3.05, 3.63) is 71.5 Å². The fourth-order valence-electron chi connectivity index (χ4n) is 2.92. The number of aliphatic hydroxyl groups is 1. The van der Waals surface area contributed by atoms with Gasteiger partial charge in [0.15, 0.2) is 0 Å². The molecule has 0 aromatic heterocycles. The van der Waals surface area contributed by atoms with E-state index in [0.29, 0.717) is 18.5 Å². The Morgan fingerprint density at radius 1 is 1.18 bits per heavy atom.